The molecule has 1 unspecified atom stereocenters. The maximum Gasteiger partial charge on any atom is 0.191 e. The molecule has 2 aromatic rings. The molecule has 30 heavy (non-hydrogen) atoms. The van der Waals surface area contributed by atoms with Crippen molar-refractivity contribution in [2.24, 2.45) is 4.99 Å². The van der Waals surface area contributed by atoms with Crippen LogP contribution in [0.1, 0.15) is 30.6 Å². The Morgan fingerprint density at radius 2 is 2.20 bits per heavy atom. The van der Waals surface area contributed by atoms with Crippen LogP contribution in [0.2, 0.25) is 5.02 Å². The lowest BCUT2D eigenvalue weighted by molar-refractivity contribution is 0.177. The first-order chi connectivity index (χ1) is 14.6. The first-order valence-electron chi connectivity index (χ1n) is 9.95. The maximum absolute atomic E-state index is 6.37. The number of ether oxygens (including phenoxy) is 3. The Morgan fingerprint density at radius 1 is 1.37 bits per heavy atom. The highest BCUT2D eigenvalue weighted by molar-refractivity contribution is 6.32. The van der Waals surface area contributed by atoms with E-state index >= 15 is 0 Å². The number of methoxy groups -OCH3 is 2. The van der Waals surface area contributed by atoms with E-state index in [9.17, 15) is 0 Å². The van der Waals surface area contributed by atoms with Gasteiger partial charge in [-0.2, -0.15) is 5.10 Å². The highest BCUT2D eigenvalue weighted by atomic mass is 35.5. The SMILES string of the molecule is CCOc1c(Cl)cc(CNC(=NC)NC2CCc3nc(COC)nn3C2)cc1OC. The molecule has 1 aromatic heterocycles. The third-order valence-electron chi connectivity index (χ3n) is 4.78. The number of guanidine groups is 1. The van der Waals surface area contributed by atoms with Crippen LogP contribution < -0.4 is 20.1 Å². The molecule has 9 nitrogen and oxygen atoms in total. The Labute approximate surface area is 181 Å². The van der Waals surface area contributed by atoms with E-state index in [0.717, 1.165) is 36.6 Å². The largest absolute Gasteiger partial charge is 0.493 e. The van der Waals surface area contributed by atoms with Crippen LogP contribution in [0.5, 0.6) is 11.5 Å². The second-order valence-corrected chi connectivity index (χ2v) is 7.31. The molecule has 1 aliphatic heterocycles. The van der Waals surface area contributed by atoms with Gasteiger partial charge < -0.3 is 24.8 Å². The summed E-state index contributed by atoms with van der Waals surface area (Å²) in [4.78, 5) is 8.85. The normalized spacial score (nSPS) is 16.2. The highest BCUT2D eigenvalue weighted by Gasteiger charge is 2.22. The number of aromatic nitrogens is 3. The summed E-state index contributed by atoms with van der Waals surface area (Å²) in [6.45, 7) is 4.13. The average molecular weight is 437 g/mol. The predicted octanol–water partition coefficient (Wildman–Crippen LogP) is 2.17. The number of rotatable bonds is 8. The lowest BCUT2D eigenvalue weighted by Gasteiger charge is -2.25. The molecule has 2 N–H and O–H groups in total. The molecular formula is C20H29ClN6O3. The van der Waals surface area contributed by atoms with Gasteiger partial charge in [0.05, 0.1) is 25.3 Å². The second-order valence-electron chi connectivity index (χ2n) is 6.91. The molecule has 0 aliphatic carbocycles. The van der Waals surface area contributed by atoms with Gasteiger partial charge in [0.25, 0.3) is 0 Å². The van der Waals surface area contributed by atoms with Crippen LogP contribution in [0.3, 0.4) is 0 Å². The summed E-state index contributed by atoms with van der Waals surface area (Å²) >= 11 is 6.37. The zero-order valence-electron chi connectivity index (χ0n) is 17.9. The van der Waals surface area contributed by atoms with Crippen molar-refractivity contribution in [2.45, 2.75) is 45.5 Å². The van der Waals surface area contributed by atoms with Gasteiger partial charge in [-0.15, -0.1) is 0 Å². The lowest BCUT2D eigenvalue weighted by atomic mass is 10.1. The minimum atomic E-state index is 0.208. The average Bonchev–Trinajstić information content (AvgIpc) is 3.14. The minimum Gasteiger partial charge on any atom is -0.493 e. The number of nitrogens with zero attached hydrogens (tertiary/aromatic N) is 4. The summed E-state index contributed by atoms with van der Waals surface area (Å²) in [5, 5.41) is 11.8. The van der Waals surface area contributed by atoms with Crippen molar-refractivity contribution in [3.05, 3.63) is 34.4 Å². The molecule has 0 fully saturated rings. The summed E-state index contributed by atoms with van der Waals surface area (Å²) in [5.41, 5.74) is 0.967. The second kappa shape index (κ2) is 10.5. The van der Waals surface area contributed by atoms with Gasteiger partial charge in [0.2, 0.25) is 0 Å². The van der Waals surface area contributed by atoms with E-state index in [1.54, 1.807) is 21.3 Å². The van der Waals surface area contributed by atoms with E-state index in [0.29, 0.717) is 42.2 Å². The molecule has 10 heteroatoms. The molecular weight excluding hydrogens is 408 g/mol. The van der Waals surface area contributed by atoms with Gasteiger partial charge >= 0.3 is 0 Å². The van der Waals surface area contributed by atoms with Gasteiger partial charge in [0, 0.05) is 33.2 Å². The monoisotopic (exact) mass is 436 g/mol. The van der Waals surface area contributed by atoms with Crippen molar-refractivity contribution in [1.82, 2.24) is 25.4 Å². The fourth-order valence-corrected chi connectivity index (χ4v) is 3.69. The molecule has 0 saturated carbocycles. The number of fused-ring (bicyclic) bond motifs is 1. The van der Waals surface area contributed by atoms with Crippen molar-refractivity contribution in [2.75, 3.05) is 27.9 Å². The van der Waals surface area contributed by atoms with E-state index in [1.807, 2.05) is 23.7 Å². The molecule has 2 heterocycles. The molecule has 3 rings (SSSR count). The minimum absolute atomic E-state index is 0.208. The lowest BCUT2D eigenvalue weighted by Crippen LogP contribution is -2.46. The molecule has 1 aromatic carbocycles. The Bertz CT molecular complexity index is 886. The first-order valence-corrected chi connectivity index (χ1v) is 10.3. The third kappa shape index (κ3) is 5.34. The number of hydrogen-bond donors (Lipinski definition) is 2. The van der Waals surface area contributed by atoms with E-state index in [1.165, 1.54) is 0 Å². The topological polar surface area (TPSA) is 94.8 Å². The predicted molar refractivity (Wildman–Crippen MR) is 115 cm³/mol. The van der Waals surface area contributed by atoms with Gasteiger partial charge in [-0.05, 0) is 31.0 Å². The highest BCUT2D eigenvalue weighted by Crippen LogP contribution is 2.36. The van der Waals surface area contributed by atoms with Crippen molar-refractivity contribution in [3.8, 4) is 11.5 Å². The molecule has 0 saturated heterocycles. The summed E-state index contributed by atoms with van der Waals surface area (Å²) in [5.74, 6) is 3.61. The zero-order chi connectivity index (χ0) is 21.5. The third-order valence-corrected chi connectivity index (χ3v) is 5.06. The maximum atomic E-state index is 6.37. The van der Waals surface area contributed by atoms with E-state index in [4.69, 9.17) is 25.8 Å². The Balaban J connectivity index is 1.59. The summed E-state index contributed by atoms with van der Waals surface area (Å²) in [7, 11) is 5.00. The zero-order valence-corrected chi connectivity index (χ0v) is 18.6. The van der Waals surface area contributed by atoms with Gasteiger partial charge in [0.15, 0.2) is 23.3 Å². The van der Waals surface area contributed by atoms with Crippen molar-refractivity contribution in [1.29, 1.82) is 0 Å². The smallest absolute Gasteiger partial charge is 0.191 e. The fraction of sp³-hybridized carbons (Fsp3) is 0.550. The quantitative estimate of drug-likeness (QED) is 0.483. The van der Waals surface area contributed by atoms with Crippen LogP contribution >= 0.6 is 11.6 Å². The number of benzene rings is 1. The number of halogens is 1. The van der Waals surface area contributed by atoms with Crippen LogP contribution in [0, 0.1) is 0 Å². The molecule has 0 amide bonds. The molecule has 164 valence electrons. The number of hydrogen-bond acceptors (Lipinski definition) is 6. The molecule has 0 radical (unpaired) electrons. The van der Waals surface area contributed by atoms with Gasteiger partial charge in [0.1, 0.15) is 12.4 Å². The van der Waals surface area contributed by atoms with Gasteiger partial charge in [-0.1, -0.05) is 11.6 Å². The van der Waals surface area contributed by atoms with Crippen LogP contribution in [0.25, 0.3) is 0 Å². The molecule has 0 bridgehead atoms. The Hall–Kier alpha value is -2.52. The van der Waals surface area contributed by atoms with Crippen LogP contribution in [0.15, 0.2) is 17.1 Å². The van der Waals surface area contributed by atoms with E-state index < -0.39 is 0 Å². The molecule has 1 aliphatic rings. The summed E-state index contributed by atoms with van der Waals surface area (Å²) in [6.07, 6.45) is 1.81. The van der Waals surface area contributed by atoms with Crippen molar-refractivity contribution < 1.29 is 14.2 Å². The Morgan fingerprint density at radius 3 is 2.90 bits per heavy atom. The van der Waals surface area contributed by atoms with Gasteiger partial charge in [-0.25, -0.2) is 9.67 Å². The summed E-state index contributed by atoms with van der Waals surface area (Å²) in [6, 6.07) is 3.99. The molecule has 0 spiro atoms. The fourth-order valence-electron chi connectivity index (χ4n) is 3.40. The van der Waals surface area contributed by atoms with E-state index in [2.05, 4.69) is 25.7 Å². The van der Waals surface area contributed by atoms with Crippen LogP contribution in [0.4, 0.5) is 0 Å². The van der Waals surface area contributed by atoms with Crippen LogP contribution in [-0.2, 0) is 30.9 Å². The van der Waals surface area contributed by atoms with E-state index in [-0.39, 0.29) is 6.04 Å². The number of aryl methyl sites for hydroxylation is 1. The van der Waals surface area contributed by atoms with Gasteiger partial charge in [-0.3, -0.25) is 4.99 Å². The molecule has 1 atom stereocenters. The Kier molecular flexibility index (Phi) is 7.75. The number of nitrogens with one attached hydrogen (secondary N) is 2. The van der Waals surface area contributed by atoms with Crippen LogP contribution in [-0.4, -0.2) is 54.6 Å². The summed E-state index contributed by atoms with van der Waals surface area (Å²) < 4.78 is 18.1. The standard InChI is InChI=1S/C20H29ClN6O3/c1-5-30-19-15(21)8-13(9-16(19)29-4)10-23-20(22-2)24-14-6-7-18-25-17(12-28-3)26-27(18)11-14/h8-9,14H,5-7,10-12H2,1-4H3,(H2,22,23,24). The van der Waals surface area contributed by atoms with Crippen molar-refractivity contribution >= 4 is 17.6 Å². The van der Waals surface area contributed by atoms with Crippen molar-refractivity contribution in [3.63, 3.8) is 0 Å². The number of aliphatic imine (C=N–C) groups is 1. The first kappa shape index (κ1) is 22.2.